The summed E-state index contributed by atoms with van der Waals surface area (Å²) in [6.45, 7) is 4.19. The molecular weight excluding hydrogens is 332 g/mol. The summed E-state index contributed by atoms with van der Waals surface area (Å²) in [4.78, 5) is 11.8. The summed E-state index contributed by atoms with van der Waals surface area (Å²) in [5.74, 6) is 2.99. The molecule has 0 spiro atoms. The standard InChI is InChI=1S/C21H24O3S/c1-14-11-19(24-18-7-9-25-10-8-18)12-15(2)20(14)16-5-4-6-17(13-16)21(22)23-3/h4-6,11-13,18H,7-10H2,1-3H3. The first-order valence-electron chi connectivity index (χ1n) is 8.63. The number of hydrogen-bond donors (Lipinski definition) is 0. The van der Waals surface area contributed by atoms with Gasteiger partial charge >= 0.3 is 5.97 Å². The van der Waals surface area contributed by atoms with E-state index < -0.39 is 0 Å². The number of carbonyl (C=O) groups excluding carboxylic acids is 1. The van der Waals surface area contributed by atoms with Crippen molar-refractivity contribution in [2.24, 2.45) is 0 Å². The summed E-state index contributed by atoms with van der Waals surface area (Å²) in [6, 6.07) is 11.8. The second-order valence-corrected chi connectivity index (χ2v) is 7.66. The third kappa shape index (κ3) is 4.18. The molecule has 1 saturated heterocycles. The lowest BCUT2D eigenvalue weighted by atomic mass is 9.94. The van der Waals surface area contributed by atoms with Crippen molar-refractivity contribution < 1.29 is 14.3 Å². The minimum absolute atomic E-state index is 0.313. The first kappa shape index (κ1) is 17.9. The molecule has 3 nitrogen and oxygen atoms in total. The van der Waals surface area contributed by atoms with Crippen molar-refractivity contribution in [3.8, 4) is 16.9 Å². The van der Waals surface area contributed by atoms with E-state index in [2.05, 4.69) is 26.0 Å². The molecule has 0 amide bonds. The molecule has 1 fully saturated rings. The Morgan fingerprint density at radius 2 is 1.76 bits per heavy atom. The number of hydrogen-bond acceptors (Lipinski definition) is 4. The maximum absolute atomic E-state index is 11.8. The van der Waals surface area contributed by atoms with E-state index in [4.69, 9.17) is 9.47 Å². The zero-order valence-electron chi connectivity index (χ0n) is 15.0. The Morgan fingerprint density at radius 3 is 2.40 bits per heavy atom. The molecular formula is C21H24O3S. The number of benzene rings is 2. The quantitative estimate of drug-likeness (QED) is 0.720. The van der Waals surface area contributed by atoms with Crippen LogP contribution in [0.1, 0.15) is 34.3 Å². The minimum atomic E-state index is -0.313. The Morgan fingerprint density at radius 1 is 1.08 bits per heavy atom. The van der Waals surface area contributed by atoms with Crippen LogP contribution in [0, 0.1) is 13.8 Å². The average Bonchev–Trinajstić information content (AvgIpc) is 2.61. The predicted molar refractivity (Wildman–Crippen MR) is 104 cm³/mol. The number of thioether (sulfide) groups is 1. The Hall–Kier alpha value is -1.94. The lowest BCUT2D eigenvalue weighted by molar-refractivity contribution is 0.0601. The fourth-order valence-electron chi connectivity index (χ4n) is 3.35. The Balaban J connectivity index is 1.88. The Bertz CT molecular complexity index is 740. The first-order chi connectivity index (χ1) is 12.1. The molecule has 0 unspecified atom stereocenters. The Kier molecular flexibility index (Phi) is 5.69. The van der Waals surface area contributed by atoms with E-state index in [-0.39, 0.29) is 5.97 Å². The summed E-state index contributed by atoms with van der Waals surface area (Å²) >= 11 is 2.00. The molecule has 0 aromatic heterocycles. The molecule has 0 saturated carbocycles. The second kappa shape index (κ2) is 7.96. The van der Waals surface area contributed by atoms with Crippen molar-refractivity contribution in [2.75, 3.05) is 18.6 Å². The molecule has 2 aromatic carbocycles. The van der Waals surface area contributed by atoms with Gasteiger partial charge in [-0.3, -0.25) is 0 Å². The minimum Gasteiger partial charge on any atom is -0.490 e. The highest BCUT2D eigenvalue weighted by atomic mass is 32.2. The molecule has 0 radical (unpaired) electrons. The molecule has 0 aliphatic carbocycles. The highest BCUT2D eigenvalue weighted by molar-refractivity contribution is 7.99. The summed E-state index contributed by atoms with van der Waals surface area (Å²) < 4.78 is 11.0. The van der Waals surface area contributed by atoms with Crippen molar-refractivity contribution in [2.45, 2.75) is 32.8 Å². The van der Waals surface area contributed by atoms with Crippen LogP contribution in [0.15, 0.2) is 36.4 Å². The maximum atomic E-state index is 11.8. The monoisotopic (exact) mass is 356 g/mol. The molecule has 1 aliphatic heterocycles. The van der Waals surface area contributed by atoms with Gasteiger partial charge in [0.05, 0.1) is 12.7 Å². The van der Waals surface area contributed by atoms with Gasteiger partial charge < -0.3 is 9.47 Å². The summed E-state index contributed by atoms with van der Waals surface area (Å²) in [5, 5.41) is 0. The van der Waals surface area contributed by atoms with E-state index in [1.165, 1.54) is 18.6 Å². The van der Waals surface area contributed by atoms with Gasteiger partial charge in [-0.1, -0.05) is 12.1 Å². The van der Waals surface area contributed by atoms with Crippen molar-refractivity contribution in [1.82, 2.24) is 0 Å². The zero-order valence-corrected chi connectivity index (χ0v) is 15.8. The summed E-state index contributed by atoms with van der Waals surface area (Å²) in [5.41, 5.74) is 5.05. The molecule has 4 heteroatoms. The van der Waals surface area contributed by atoms with Gasteiger partial charge in [0, 0.05) is 0 Å². The molecule has 2 aromatic rings. The third-order valence-corrected chi connectivity index (χ3v) is 5.60. The van der Waals surface area contributed by atoms with Gasteiger partial charge in [-0.2, -0.15) is 11.8 Å². The van der Waals surface area contributed by atoms with Crippen LogP contribution >= 0.6 is 11.8 Å². The van der Waals surface area contributed by atoms with Gasteiger partial charge in [-0.25, -0.2) is 4.79 Å². The number of carbonyl (C=O) groups is 1. The largest absolute Gasteiger partial charge is 0.490 e. The van der Waals surface area contributed by atoms with Crippen LogP contribution in [0.3, 0.4) is 0 Å². The molecule has 25 heavy (non-hydrogen) atoms. The van der Waals surface area contributed by atoms with E-state index in [1.807, 2.05) is 30.0 Å². The highest BCUT2D eigenvalue weighted by Crippen LogP contribution is 2.33. The summed E-state index contributed by atoms with van der Waals surface area (Å²) in [7, 11) is 1.40. The van der Waals surface area contributed by atoms with E-state index in [0.717, 1.165) is 40.8 Å². The smallest absolute Gasteiger partial charge is 0.337 e. The van der Waals surface area contributed by atoms with Crippen LogP contribution in [0.4, 0.5) is 0 Å². The number of rotatable bonds is 4. The van der Waals surface area contributed by atoms with Crippen LogP contribution in [0.2, 0.25) is 0 Å². The number of aryl methyl sites for hydroxylation is 2. The van der Waals surface area contributed by atoms with Crippen molar-refractivity contribution >= 4 is 17.7 Å². The number of ether oxygens (including phenoxy) is 2. The van der Waals surface area contributed by atoms with Crippen LogP contribution in [-0.4, -0.2) is 30.7 Å². The predicted octanol–water partition coefficient (Wildman–Crippen LogP) is 5.03. The molecule has 0 atom stereocenters. The van der Waals surface area contributed by atoms with Crippen LogP contribution in [-0.2, 0) is 4.74 Å². The number of methoxy groups -OCH3 is 1. The van der Waals surface area contributed by atoms with Gasteiger partial charge in [0.1, 0.15) is 11.9 Å². The molecule has 0 N–H and O–H groups in total. The van der Waals surface area contributed by atoms with Crippen LogP contribution in [0.5, 0.6) is 5.75 Å². The Labute approximate surface area is 153 Å². The van der Waals surface area contributed by atoms with Gasteiger partial charge in [0.2, 0.25) is 0 Å². The van der Waals surface area contributed by atoms with Gasteiger partial charge in [0.15, 0.2) is 0 Å². The molecule has 0 bridgehead atoms. The number of esters is 1. The van der Waals surface area contributed by atoms with Gasteiger partial charge in [-0.15, -0.1) is 0 Å². The molecule has 1 heterocycles. The van der Waals surface area contributed by atoms with E-state index in [0.29, 0.717) is 11.7 Å². The lowest BCUT2D eigenvalue weighted by Gasteiger charge is -2.24. The maximum Gasteiger partial charge on any atom is 0.337 e. The van der Waals surface area contributed by atoms with Crippen molar-refractivity contribution in [3.05, 3.63) is 53.1 Å². The third-order valence-electron chi connectivity index (χ3n) is 4.55. The van der Waals surface area contributed by atoms with Crippen molar-refractivity contribution in [3.63, 3.8) is 0 Å². The molecule has 1 aliphatic rings. The van der Waals surface area contributed by atoms with Crippen molar-refractivity contribution in [1.29, 1.82) is 0 Å². The van der Waals surface area contributed by atoms with Crippen LogP contribution in [0.25, 0.3) is 11.1 Å². The second-order valence-electron chi connectivity index (χ2n) is 6.43. The normalized spacial score (nSPS) is 15.0. The fraction of sp³-hybridized carbons (Fsp3) is 0.381. The van der Waals surface area contributed by atoms with Gasteiger partial charge in [-0.05, 0) is 84.7 Å². The topological polar surface area (TPSA) is 35.5 Å². The van der Waals surface area contributed by atoms with Crippen LogP contribution < -0.4 is 4.74 Å². The average molecular weight is 356 g/mol. The molecule has 3 rings (SSSR count). The molecule has 132 valence electrons. The first-order valence-corrected chi connectivity index (χ1v) is 9.78. The van der Waals surface area contributed by atoms with Gasteiger partial charge in [0.25, 0.3) is 0 Å². The fourth-order valence-corrected chi connectivity index (χ4v) is 4.42. The zero-order chi connectivity index (χ0) is 17.8. The summed E-state index contributed by atoms with van der Waals surface area (Å²) in [6.07, 6.45) is 2.56. The highest BCUT2D eigenvalue weighted by Gasteiger charge is 2.17. The van der Waals surface area contributed by atoms with E-state index in [9.17, 15) is 4.79 Å². The van der Waals surface area contributed by atoms with E-state index in [1.54, 1.807) is 6.07 Å². The SMILES string of the molecule is COC(=O)c1cccc(-c2c(C)cc(OC3CCSCC3)cc2C)c1. The van der Waals surface area contributed by atoms with E-state index >= 15 is 0 Å². The lowest BCUT2D eigenvalue weighted by Crippen LogP contribution is -2.22.